The van der Waals surface area contributed by atoms with Gasteiger partial charge in [0.2, 0.25) is 0 Å². The van der Waals surface area contributed by atoms with Crippen LogP contribution in [0.2, 0.25) is 0 Å². The molecule has 0 aliphatic heterocycles. The smallest absolute Gasteiger partial charge is 0.357 e. The lowest BCUT2D eigenvalue weighted by atomic mass is 10.1. The van der Waals surface area contributed by atoms with Gasteiger partial charge in [0.25, 0.3) is 0 Å². The number of benzene rings is 1. The zero-order valence-electron chi connectivity index (χ0n) is 13.7. The van der Waals surface area contributed by atoms with Gasteiger partial charge in [-0.25, -0.2) is 14.4 Å². The molecule has 1 aromatic heterocycles. The number of halogens is 4. The van der Waals surface area contributed by atoms with Gasteiger partial charge in [-0.05, 0) is 31.5 Å². The molecule has 0 aliphatic rings. The zero-order valence-corrected chi connectivity index (χ0v) is 14.6. The van der Waals surface area contributed by atoms with Crippen molar-refractivity contribution in [3.8, 4) is 0 Å². The number of nitrogens with one attached hydrogen (secondary N) is 2. The molecule has 0 radical (unpaired) electrons. The highest BCUT2D eigenvalue weighted by Gasteiger charge is 2.33. The summed E-state index contributed by atoms with van der Waals surface area (Å²) in [5, 5.41) is 6.03. The third kappa shape index (κ3) is 5.42. The van der Waals surface area contributed by atoms with Crippen LogP contribution < -0.4 is 10.6 Å². The lowest BCUT2D eigenvalue weighted by Crippen LogP contribution is -2.36. The van der Waals surface area contributed by atoms with Crippen LogP contribution in [0.4, 0.5) is 17.6 Å². The Morgan fingerprint density at radius 3 is 2.64 bits per heavy atom. The van der Waals surface area contributed by atoms with Crippen molar-refractivity contribution in [1.82, 2.24) is 15.6 Å². The maximum atomic E-state index is 13.1. The average molecular weight is 374 g/mol. The molecule has 0 amide bonds. The number of rotatable bonds is 5. The number of hydrogen-bond acceptors (Lipinski definition) is 3. The summed E-state index contributed by atoms with van der Waals surface area (Å²) in [5.74, 6) is -0.543. The van der Waals surface area contributed by atoms with Crippen molar-refractivity contribution >= 4 is 17.3 Å². The minimum Gasteiger partial charge on any atom is -0.357 e. The van der Waals surface area contributed by atoms with Gasteiger partial charge < -0.3 is 10.6 Å². The van der Waals surface area contributed by atoms with E-state index in [2.05, 4.69) is 20.6 Å². The number of nitrogens with zero attached hydrogens (tertiary/aromatic N) is 2. The number of alkyl halides is 3. The second kappa shape index (κ2) is 8.28. The first-order valence-electron chi connectivity index (χ1n) is 7.58. The Kier molecular flexibility index (Phi) is 6.35. The highest BCUT2D eigenvalue weighted by atomic mass is 32.1. The lowest BCUT2D eigenvalue weighted by molar-refractivity contribution is -0.138. The largest absolute Gasteiger partial charge is 0.416 e. The molecule has 0 saturated heterocycles. The monoisotopic (exact) mass is 374 g/mol. The van der Waals surface area contributed by atoms with Crippen LogP contribution in [0.25, 0.3) is 0 Å². The van der Waals surface area contributed by atoms with Gasteiger partial charge in [0.05, 0.1) is 29.9 Å². The molecular formula is C16H18F4N4S. The van der Waals surface area contributed by atoms with Crippen molar-refractivity contribution in [2.45, 2.75) is 33.1 Å². The molecule has 0 fully saturated rings. The summed E-state index contributed by atoms with van der Waals surface area (Å²) in [5.41, 5.74) is 1.53. The van der Waals surface area contributed by atoms with Crippen molar-refractivity contribution in [2.75, 3.05) is 6.54 Å². The van der Waals surface area contributed by atoms with Crippen LogP contribution >= 0.6 is 11.3 Å². The van der Waals surface area contributed by atoms with E-state index in [1.54, 1.807) is 5.51 Å². The second-order valence-corrected chi connectivity index (χ2v) is 6.15. The van der Waals surface area contributed by atoms with E-state index < -0.39 is 17.6 Å². The number of aryl methyl sites for hydroxylation is 1. The molecule has 2 aromatic rings. The van der Waals surface area contributed by atoms with E-state index in [9.17, 15) is 17.6 Å². The first-order valence-corrected chi connectivity index (χ1v) is 8.46. The molecule has 1 heterocycles. The SMILES string of the molecule is CCNC(=NCc1ccc(F)cc1C(F)(F)F)NCc1scnc1C. The Bertz CT molecular complexity index is 740. The van der Waals surface area contributed by atoms with E-state index >= 15 is 0 Å². The molecular weight excluding hydrogens is 356 g/mol. The quantitative estimate of drug-likeness (QED) is 0.475. The van der Waals surface area contributed by atoms with E-state index in [0.717, 1.165) is 22.7 Å². The average Bonchev–Trinajstić information content (AvgIpc) is 2.95. The highest BCUT2D eigenvalue weighted by Crippen LogP contribution is 2.32. The van der Waals surface area contributed by atoms with Crippen LogP contribution in [0.15, 0.2) is 28.7 Å². The lowest BCUT2D eigenvalue weighted by Gasteiger charge is -2.14. The minimum atomic E-state index is -4.63. The molecule has 0 saturated carbocycles. The van der Waals surface area contributed by atoms with Crippen molar-refractivity contribution in [3.63, 3.8) is 0 Å². The predicted octanol–water partition coefficient (Wildman–Crippen LogP) is 3.86. The highest BCUT2D eigenvalue weighted by molar-refractivity contribution is 7.09. The zero-order chi connectivity index (χ0) is 18.4. The standard InChI is InChI=1S/C16H18F4N4S/c1-3-21-15(23-8-14-10(2)24-9-25-14)22-7-11-4-5-12(17)6-13(11)16(18,19)20/h4-6,9H,3,7-8H2,1-2H3,(H2,21,22,23). The fourth-order valence-corrected chi connectivity index (χ4v) is 2.83. The Hall–Kier alpha value is -2.16. The molecule has 0 spiro atoms. The van der Waals surface area contributed by atoms with Gasteiger partial charge in [0, 0.05) is 11.4 Å². The topological polar surface area (TPSA) is 49.3 Å². The molecule has 2 N–H and O–H groups in total. The normalized spacial score (nSPS) is 12.3. The van der Waals surface area contributed by atoms with Gasteiger partial charge in [-0.1, -0.05) is 6.07 Å². The van der Waals surface area contributed by atoms with Crippen LogP contribution in [0.1, 0.15) is 28.6 Å². The molecule has 0 bridgehead atoms. The molecule has 0 aliphatic carbocycles. The summed E-state index contributed by atoms with van der Waals surface area (Å²) in [6.07, 6.45) is -4.63. The van der Waals surface area contributed by atoms with E-state index in [1.165, 1.54) is 11.3 Å². The van der Waals surface area contributed by atoms with Crippen molar-refractivity contribution < 1.29 is 17.6 Å². The van der Waals surface area contributed by atoms with Crippen LogP contribution in [0, 0.1) is 12.7 Å². The maximum Gasteiger partial charge on any atom is 0.416 e. The van der Waals surface area contributed by atoms with Crippen LogP contribution in [-0.4, -0.2) is 17.5 Å². The Morgan fingerprint density at radius 1 is 1.28 bits per heavy atom. The molecule has 136 valence electrons. The Balaban J connectivity index is 2.14. The van der Waals surface area contributed by atoms with Crippen molar-refractivity contribution in [1.29, 1.82) is 0 Å². The van der Waals surface area contributed by atoms with Gasteiger partial charge >= 0.3 is 6.18 Å². The second-order valence-electron chi connectivity index (χ2n) is 5.21. The maximum absolute atomic E-state index is 13.1. The van der Waals surface area contributed by atoms with Crippen molar-refractivity contribution in [2.24, 2.45) is 4.99 Å². The van der Waals surface area contributed by atoms with Crippen molar-refractivity contribution in [3.05, 3.63) is 51.2 Å². The molecule has 2 rings (SSSR count). The van der Waals surface area contributed by atoms with Gasteiger partial charge in [-0.15, -0.1) is 11.3 Å². The third-order valence-electron chi connectivity index (χ3n) is 3.39. The van der Waals surface area contributed by atoms with Gasteiger partial charge in [0.15, 0.2) is 5.96 Å². The first kappa shape index (κ1) is 19.2. The van der Waals surface area contributed by atoms with E-state index in [4.69, 9.17) is 0 Å². The van der Waals surface area contributed by atoms with E-state index in [0.29, 0.717) is 25.1 Å². The third-order valence-corrected chi connectivity index (χ3v) is 4.33. The number of hydrogen-bond donors (Lipinski definition) is 2. The first-order chi connectivity index (χ1) is 11.8. The minimum absolute atomic E-state index is 0.0833. The molecule has 4 nitrogen and oxygen atoms in total. The Morgan fingerprint density at radius 2 is 2.04 bits per heavy atom. The predicted molar refractivity (Wildman–Crippen MR) is 89.9 cm³/mol. The van der Waals surface area contributed by atoms with Gasteiger partial charge in [-0.2, -0.15) is 13.2 Å². The number of aliphatic imine (C=N–C) groups is 1. The number of thiazole rings is 1. The summed E-state index contributed by atoms with van der Waals surface area (Å²) >= 11 is 1.48. The summed E-state index contributed by atoms with van der Waals surface area (Å²) in [7, 11) is 0. The van der Waals surface area contributed by atoms with Crippen LogP contribution in [0.5, 0.6) is 0 Å². The molecule has 0 unspecified atom stereocenters. The summed E-state index contributed by atoms with van der Waals surface area (Å²) in [6, 6.07) is 2.60. The summed E-state index contributed by atoms with van der Waals surface area (Å²) in [4.78, 5) is 9.33. The summed E-state index contributed by atoms with van der Waals surface area (Å²) < 4.78 is 52.2. The van der Waals surface area contributed by atoms with Gasteiger partial charge in [0.1, 0.15) is 5.82 Å². The molecule has 25 heavy (non-hydrogen) atoms. The number of aromatic nitrogens is 1. The van der Waals surface area contributed by atoms with Gasteiger partial charge in [-0.3, -0.25) is 0 Å². The van der Waals surface area contributed by atoms with E-state index in [-0.39, 0.29) is 12.1 Å². The van der Waals surface area contributed by atoms with E-state index in [1.807, 2.05) is 13.8 Å². The molecule has 9 heteroatoms. The van der Waals surface area contributed by atoms with Crippen LogP contribution in [-0.2, 0) is 19.3 Å². The Labute approximate surface area is 147 Å². The fourth-order valence-electron chi connectivity index (χ4n) is 2.12. The fraction of sp³-hybridized carbons (Fsp3) is 0.375. The molecule has 0 atom stereocenters. The molecule has 1 aromatic carbocycles. The number of guanidine groups is 1. The van der Waals surface area contributed by atoms with Crippen LogP contribution in [0.3, 0.4) is 0 Å². The summed E-state index contributed by atoms with van der Waals surface area (Å²) in [6.45, 7) is 4.55.